The normalized spacial score (nSPS) is 15.9. The van der Waals surface area contributed by atoms with Gasteiger partial charge in [0, 0.05) is 23.9 Å². The summed E-state index contributed by atoms with van der Waals surface area (Å²) in [6, 6.07) is 14.9. The van der Waals surface area contributed by atoms with Crippen LogP contribution >= 0.6 is 11.3 Å². The van der Waals surface area contributed by atoms with Crippen LogP contribution in [-0.4, -0.2) is 37.6 Å². The fourth-order valence-corrected chi connectivity index (χ4v) is 4.12. The number of thiazole rings is 1. The molecule has 30 heavy (non-hydrogen) atoms. The molecule has 3 aromatic rings. The lowest BCUT2D eigenvalue weighted by molar-refractivity contribution is -0.122. The van der Waals surface area contributed by atoms with Crippen LogP contribution in [-0.2, 0) is 9.59 Å². The number of carbonyl (C=O) groups excluding carboxylic acids is 2. The van der Waals surface area contributed by atoms with Crippen LogP contribution < -0.4 is 19.7 Å². The van der Waals surface area contributed by atoms with Gasteiger partial charge in [-0.2, -0.15) is 0 Å². The Morgan fingerprint density at radius 3 is 2.63 bits per heavy atom. The Bertz CT molecular complexity index is 1060. The Morgan fingerprint density at radius 1 is 1.13 bits per heavy atom. The van der Waals surface area contributed by atoms with E-state index in [1.54, 1.807) is 25.2 Å². The first-order chi connectivity index (χ1) is 14.6. The average molecular weight is 423 g/mol. The van der Waals surface area contributed by atoms with Gasteiger partial charge in [-0.05, 0) is 36.4 Å². The van der Waals surface area contributed by atoms with E-state index >= 15 is 0 Å². The molecule has 1 saturated heterocycles. The van der Waals surface area contributed by atoms with Gasteiger partial charge in [0.15, 0.2) is 5.13 Å². The summed E-state index contributed by atoms with van der Waals surface area (Å²) in [7, 11) is 3.18. The van der Waals surface area contributed by atoms with Gasteiger partial charge in [-0.25, -0.2) is 4.98 Å². The number of carbonyl (C=O) groups is 2. The van der Waals surface area contributed by atoms with E-state index in [0.717, 1.165) is 17.0 Å². The smallest absolute Gasteiger partial charge is 0.231 e. The molecule has 1 aromatic heterocycles. The summed E-state index contributed by atoms with van der Waals surface area (Å²) in [5.74, 6) is 0.619. The Hall–Kier alpha value is -3.39. The number of ether oxygens (including phenoxy) is 2. The number of nitrogens with zero attached hydrogens (tertiary/aromatic N) is 2. The van der Waals surface area contributed by atoms with Crippen molar-refractivity contribution in [3.05, 3.63) is 53.9 Å². The molecule has 0 unspecified atom stereocenters. The number of hydrogen-bond acceptors (Lipinski definition) is 6. The number of rotatable bonds is 6. The van der Waals surface area contributed by atoms with Crippen LogP contribution in [0.3, 0.4) is 0 Å². The molecule has 0 saturated carbocycles. The lowest BCUT2D eigenvalue weighted by atomic mass is 10.1. The number of benzene rings is 2. The van der Waals surface area contributed by atoms with E-state index in [-0.39, 0.29) is 18.2 Å². The first kappa shape index (κ1) is 19.9. The van der Waals surface area contributed by atoms with Gasteiger partial charge in [0.05, 0.1) is 31.5 Å². The minimum absolute atomic E-state index is 0.0993. The Kier molecular flexibility index (Phi) is 5.67. The van der Waals surface area contributed by atoms with Crippen LogP contribution in [0.4, 0.5) is 10.8 Å². The molecule has 0 aliphatic carbocycles. The van der Waals surface area contributed by atoms with Crippen molar-refractivity contribution in [2.75, 3.05) is 31.0 Å². The molecule has 2 heterocycles. The zero-order valence-corrected chi connectivity index (χ0v) is 17.4. The number of hydrogen-bond donors (Lipinski definition) is 1. The molecule has 2 aromatic carbocycles. The highest BCUT2D eigenvalue weighted by Gasteiger charge is 2.36. The monoisotopic (exact) mass is 423 g/mol. The summed E-state index contributed by atoms with van der Waals surface area (Å²) in [5.41, 5.74) is 2.39. The minimum Gasteiger partial charge on any atom is -0.497 e. The zero-order valence-electron chi connectivity index (χ0n) is 16.6. The molecule has 1 N–H and O–H groups in total. The number of amides is 2. The molecule has 0 spiro atoms. The maximum absolute atomic E-state index is 12.7. The van der Waals surface area contributed by atoms with E-state index in [1.807, 2.05) is 47.8 Å². The van der Waals surface area contributed by atoms with Crippen LogP contribution in [0.1, 0.15) is 6.42 Å². The summed E-state index contributed by atoms with van der Waals surface area (Å²) in [4.78, 5) is 31.4. The predicted octanol–water partition coefficient (Wildman–Crippen LogP) is 3.82. The molecule has 1 fully saturated rings. The first-order valence-electron chi connectivity index (χ1n) is 9.43. The van der Waals surface area contributed by atoms with Gasteiger partial charge in [0.2, 0.25) is 11.8 Å². The van der Waals surface area contributed by atoms with E-state index < -0.39 is 5.92 Å². The van der Waals surface area contributed by atoms with Crippen molar-refractivity contribution in [1.82, 2.24) is 4.98 Å². The molecule has 0 radical (unpaired) electrons. The highest BCUT2D eigenvalue weighted by Crippen LogP contribution is 2.33. The highest BCUT2D eigenvalue weighted by molar-refractivity contribution is 7.14. The fraction of sp³-hybridized carbons (Fsp3) is 0.227. The molecule has 1 aliphatic rings. The van der Waals surface area contributed by atoms with Gasteiger partial charge >= 0.3 is 0 Å². The average Bonchev–Trinajstić information content (AvgIpc) is 3.40. The highest BCUT2D eigenvalue weighted by atomic mass is 32.1. The molecular formula is C22H21N3O4S. The quantitative estimate of drug-likeness (QED) is 0.652. The maximum Gasteiger partial charge on any atom is 0.231 e. The number of anilines is 2. The Labute approximate surface area is 178 Å². The van der Waals surface area contributed by atoms with Gasteiger partial charge < -0.3 is 19.7 Å². The second kappa shape index (κ2) is 8.54. The molecule has 0 bridgehead atoms. The van der Waals surface area contributed by atoms with Crippen LogP contribution in [0.5, 0.6) is 11.5 Å². The SMILES string of the molecule is COc1ccc(-c2csc(NC(=O)[C@@H]3CC(=O)N(c4ccccc4OC)C3)n2)cc1. The summed E-state index contributed by atoms with van der Waals surface area (Å²) in [5, 5.41) is 5.25. The van der Waals surface area contributed by atoms with Gasteiger partial charge in [0.1, 0.15) is 11.5 Å². The topological polar surface area (TPSA) is 80.8 Å². The van der Waals surface area contributed by atoms with Crippen molar-refractivity contribution >= 4 is 34.0 Å². The van der Waals surface area contributed by atoms with E-state index in [4.69, 9.17) is 9.47 Å². The van der Waals surface area contributed by atoms with Crippen molar-refractivity contribution in [3.8, 4) is 22.8 Å². The van der Waals surface area contributed by atoms with Gasteiger partial charge in [-0.1, -0.05) is 12.1 Å². The number of aromatic nitrogens is 1. The Morgan fingerprint density at radius 2 is 1.90 bits per heavy atom. The van der Waals surface area contributed by atoms with Gasteiger partial charge in [0.25, 0.3) is 0 Å². The molecular weight excluding hydrogens is 402 g/mol. The third kappa shape index (κ3) is 3.99. The Balaban J connectivity index is 1.43. The fourth-order valence-electron chi connectivity index (χ4n) is 3.40. The van der Waals surface area contributed by atoms with E-state index in [1.165, 1.54) is 11.3 Å². The molecule has 7 nitrogen and oxygen atoms in total. The molecule has 1 aliphatic heterocycles. The minimum atomic E-state index is -0.448. The number of para-hydroxylation sites is 2. The zero-order chi connectivity index (χ0) is 21.1. The van der Waals surface area contributed by atoms with E-state index in [2.05, 4.69) is 10.3 Å². The standard InChI is InChI=1S/C22H21N3O4S/c1-28-16-9-7-14(8-10-16)17-13-30-22(23-17)24-21(27)15-11-20(26)25(12-15)18-5-3-4-6-19(18)29-2/h3-10,13,15H,11-12H2,1-2H3,(H,23,24,27)/t15-/m1/s1. The van der Waals surface area contributed by atoms with Crippen molar-refractivity contribution in [2.24, 2.45) is 5.92 Å². The first-order valence-corrected chi connectivity index (χ1v) is 10.3. The molecule has 2 amide bonds. The van der Waals surface area contributed by atoms with E-state index in [9.17, 15) is 9.59 Å². The van der Waals surface area contributed by atoms with Crippen LogP contribution in [0.2, 0.25) is 0 Å². The van der Waals surface area contributed by atoms with Crippen molar-refractivity contribution in [2.45, 2.75) is 6.42 Å². The molecule has 8 heteroatoms. The number of methoxy groups -OCH3 is 2. The van der Waals surface area contributed by atoms with Gasteiger partial charge in [-0.3, -0.25) is 9.59 Å². The lowest BCUT2D eigenvalue weighted by Gasteiger charge is -2.19. The van der Waals surface area contributed by atoms with Crippen molar-refractivity contribution < 1.29 is 19.1 Å². The lowest BCUT2D eigenvalue weighted by Crippen LogP contribution is -2.28. The summed E-state index contributed by atoms with van der Waals surface area (Å²) >= 11 is 1.35. The second-order valence-electron chi connectivity index (χ2n) is 6.83. The summed E-state index contributed by atoms with van der Waals surface area (Å²) < 4.78 is 10.5. The van der Waals surface area contributed by atoms with Crippen molar-refractivity contribution in [3.63, 3.8) is 0 Å². The molecule has 1 atom stereocenters. The maximum atomic E-state index is 12.7. The van der Waals surface area contributed by atoms with Gasteiger partial charge in [-0.15, -0.1) is 11.3 Å². The summed E-state index contributed by atoms with van der Waals surface area (Å²) in [6.45, 7) is 0.307. The third-order valence-electron chi connectivity index (χ3n) is 4.99. The molecule has 154 valence electrons. The van der Waals surface area contributed by atoms with Crippen LogP contribution in [0.15, 0.2) is 53.9 Å². The summed E-state index contributed by atoms with van der Waals surface area (Å²) in [6.07, 6.45) is 0.153. The second-order valence-corrected chi connectivity index (χ2v) is 7.69. The molecule has 4 rings (SSSR count). The van der Waals surface area contributed by atoms with Crippen molar-refractivity contribution in [1.29, 1.82) is 0 Å². The van der Waals surface area contributed by atoms with Crippen LogP contribution in [0.25, 0.3) is 11.3 Å². The third-order valence-corrected chi connectivity index (χ3v) is 5.75. The number of nitrogens with one attached hydrogen (secondary N) is 1. The van der Waals surface area contributed by atoms with Crippen LogP contribution in [0, 0.1) is 5.92 Å². The van der Waals surface area contributed by atoms with E-state index in [0.29, 0.717) is 23.1 Å². The largest absolute Gasteiger partial charge is 0.497 e. The predicted molar refractivity (Wildman–Crippen MR) is 116 cm³/mol.